The summed E-state index contributed by atoms with van der Waals surface area (Å²) in [6.45, 7) is 8.73. The first-order valence-corrected chi connectivity index (χ1v) is 12.9. The predicted octanol–water partition coefficient (Wildman–Crippen LogP) is 6.66. The highest BCUT2D eigenvalue weighted by Gasteiger charge is 2.61. The van der Waals surface area contributed by atoms with Gasteiger partial charge >= 0.3 is 8.80 Å². The minimum absolute atomic E-state index is 0. The molecule has 0 aliphatic rings. The van der Waals surface area contributed by atoms with Crippen LogP contribution in [0.4, 0.5) is 0 Å². The van der Waals surface area contributed by atoms with E-state index in [0.29, 0.717) is 0 Å². The molecule has 0 aromatic carbocycles. The van der Waals surface area contributed by atoms with Gasteiger partial charge in [0.2, 0.25) is 0 Å². The van der Waals surface area contributed by atoms with Crippen LogP contribution in [0.3, 0.4) is 0 Å². The van der Waals surface area contributed by atoms with Crippen molar-refractivity contribution in [2.24, 2.45) is 11.1 Å². The smallest absolute Gasteiger partial charge is 0.376 e. The molecule has 0 spiro atoms. The van der Waals surface area contributed by atoms with Gasteiger partial charge in [0.1, 0.15) is 0 Å². The van der Waals surface area contributed by atoms with Gasteiger partial charge < -0.3 is 19.0 Å². The average Bonchev–Trinajstić information content (AvgIpc) is 2.64. The third kappa shape index (κ3) is 9.44. The molecule has 0 fully saturated rings. The fourth-order valence-corrected chi connectivity index (χ4v) is 6.69. The molecule has 0 rings (SSSR count). The van der Waals surface area contributed by atoms with E-state index in [-0.39, 0.29) is 17.8 Å². The van der Waals surface area contributed by atoms with Gasteiger partial charge in [0, 0.05) is 21.3 Å². The lowest BCUT2D eigenvalue weighted by molar-refractivity contribution is 0.0548. The molecule has 0 aromatic rings. The number of nitrogens with two attached hydrogens (primary N) is 1. The maximum Gasteiger partial charge on any atom is 0.521 e. The van der Waals surface area contributed by atoms with Crippen molar-refractivity contribution < 1.29 is 13.3 Å². The molecule has 172 valence electrons. The molecule has 0 aromatic heterocycles. The van der Waals surface area contributed by atoms with Crippen molar-refractivity contribution in [3.8, 4) is 0 Å². The van der Waals surface area contributed by atoms with Crippen LogP contribution >= 0.6 is 12.4 Å². The fourth-order valence-electron chi connectivity index (χ4n) is 3.97. The molecule has 2 N–H and O–H groups in total. The number of hydrogen-bond acceptors (Lipinski definition) is 4. The zero-order valence-electron chi connectivity index (χ0n) is 19.9. The molecule has 0 saturated heterocycles. The molecule has 0 aliphatic carbocycles. The SMILES string of the molecule is CCCCCCCCCCCCCCC(C)(C)C(C)(N)[Si](OC)(OC)OC.Cl. The van der Waals surface area contributed by atoms with E-state index >= 15 is 0 Å². The topological polar surface area (TPSA) is 53.7 Å². The van der Waals surface area contributed by atoms with Crippen LogP contribution in [0, 0.1) is 5.41 Å². The average molecular weight is 440 g/mol. The summed E-state index contributed by atoms with van der Waals surface area (Å²) in [5.74, 6) is 0. The molecule has 4 nitrogen and oxygen atoms in total. The van der Waals surface area contributed by atoms with Crippen LogP contribution in [0.2, 0.25) is 0 Å². The third-order valence-electron chi connectivity index (χ3n) is 6.50. The van der Waals surface area contributed by atoms with Gasteiger partial charge in [-0.05, 0) is 18.8 Å². The zero-order valence-corrected chi connectivity index (χ0v) is 21.7. The monoisotopic (exact) mass is 439 g/mol. The highest BCUT2D eigenvalue weighted by atomic mass is 35.5. The second-order valence-corrected chi connectivity index (χ2v) is 12.3. The predicted molar refractivity (Wildman–Crippen MR) is 126 cm³/mol. The Morgan fingerprint density at radius 1 is 0.643 bits per heavy atom. The summed E-state index contributed by atoms with van der Waals surface area (Å²) in [5.41, 5.74) is 6.62. The summed E-state index contributed by atoms with van der Waals surface area (Å²) in [5, 5.41) is -0.629. The second kappa shape index (κ2) is 16.1. The fraction of sp³-hybridized carbons (Fsp3) is 1.00. The summed E-state index contributed by atoms with van der Waals surface area (Å²) in [7, 11) is 2.02. The lowest BCUT2D eigenvalue weighted by Gasteiger charge is -2.48. The molecular weight excluding hydrogens is 390 g/mol. The van der Waals surface area contributed by atoms with Crippen molar-refractivity contribution in [3.63, 3.8) is 0 Å². The van der Waals surface area contributed by atoms with Crippen LogP contribution in [-0.4, -0.2) is 35.3 Å². The number of unbranched alkanes of at least 4 members (excludes halogenated alkanes) is 11. The Kier molecular flexibility index (Phi) is 17.6. The molecular formula is C22H50ClNO3Si. The van der Waals surface area contributed by atoms with Crippen LogP contribution in [0.15, 0.2) is 0 Å². The first-order chi connectivity index (χ1) is 12.7. The Balaban J connectivity index is 0. The Morgan fingerprint density at radius 2 is 0.964 bits per heavy atom. The molecule has 1 atom stereocenters. The minimum atomic E-state index is -2.91. The highest BCUT2D eigenvalue weighted by Crippen LogP contribution is 2.41. The number of hydrogen-bond donors (Lipinski definition) is 1. The van der Waals surface area contributed by atoms with Crippen LogP contribution in [-0.2, 0) is 13.3 Å². The Hall–Kier alpha value is 0.347. The largest absolute Gasteiger partial charge is 0.521 e. The maximum atomic E-state index is 6.73. The maximum absolute atomic E-state index is 6.73. The minimum Gasteiger partial charge on any atom is -0.376 e. The van der Waals surface area contributed by atoms with Crippen LogP contribution in [0.25, 0.3) is 0 Å². The van der Waals surface area contributed by atoms with Gasteiger partial charge in [0.25, 0.3) is 0 Å². The van der Waals surface area contributed by atoms with Gasteiger partial charge in [-0.3, -0.25) is 0 Å². The summed E-state index contributed by atoms with van der Waals surface area (Å²) in [4.78, 5) is 0. The zero-order chi connectivity index (χ0) is 20.8. The number of rotatable bonds is 18. The molecule has 1 unspecified atom stereocenters. The first-order valence-electron chi connectivity index (χ1n) is 11.2. The molecule has 0 amide bonds. The van der Waals surface area contributed by atoms with Crippen LogP contribution in [0.1, 0.15) is 111 Å². The summed E-state index contributed by atoms with van der Waals surface area (Å²) < 4.78 is 17.0. The van der Waals surface area contributed by atoms with Gasteiger partial charge in [-0.2, -0.15) is 0 Å². The molecule has 0 bridgehead atoms. The molecule has 0 heterocycles. The van der Waals surface area contributed by atoms with Gasteiger partial charge in [0.05, 0.1) is 5.16 Å². The van der Waals surface area contributed by atoms with Crippen LogP contribution < -0.4 is 5.73 Å². The van der Waals surface area contributed by atoms with Gasteiger partial charge in [-0.15, -0.1) is 12.4 Å². The van der Waals surface area contributed by atoms with Crippen LogP contribution in [0.5, 0.6) is 0 Å². The van der Waals surface area contributed by atoms with Gasteiger partial charge in [-0.1, -0.05) is 97.8 Å². The molecule has 0 radical (unpaired) electrons. The van der Waals surface area contributed by atoms with Gasteiger partial charge in [-0.25, -0.2) is 0 Å². The van der Waals surface area contributed by atoms with Crippen molar-refractivity contribution in [2.45, 2.75) is 116 Å². The lowest BCUT2D eigenvalue weighted by Crippen LogP contribution is -2.73. The summed E-state index contributed by atoms with van der Waals surface area (Å²) >= 11 is 0. The summed E-state index contributed by atoms with van der Waals surface area (Å²) in [6.07, 6.45) is 17.4. The second-order valence-electron chi connectivity index (χ2n) is 8.89. The molecule has 6 heteroatoms. The summed E-state index contributed by atoms with van der Waals surface area (Å²) in [6, 6.07) is 0. The quantitative estimate of drug-likeness (QED) is 0.191. The Bertz CT molecular complexity index is 355. The van der Waals surface area contributed by atoms with Crippen molar-refractivity contribution in [2.75, 3.05) is 21.3 Å². The Morgan fingerprint density at radius 3 is 1.29 bits per heavy atom. The van der Waals surface area contributed by atoms with Crippen molar-refractivity contribution in [3.05, 3.63) is 0 Å². The third-order valence-corrected chi connectivity index (χ3v) is 10.1. The standard InChI is InChI=1S/C22H49NO3Si.ClH/c1-8-9-10-11-12-13-14-15-16-17-18-19-20-21(2,3)22(4,23)27(24-5,25-6)26-7;/h8-20,23H2,1-7H3;1H. The van der Waals surface area contributed by atoms with E-state index in [1.807, 2.05) is 6.92 Å². The van der Waals surface area contributed by atoms with E-state index in [4.69, 9.17) is 19.0 Å². The van der Waals surface area contributed by atoms with Gasteiger partial charge in [0.15, 0.2) is 0 Å². The van der Waals surface area contributed by atoms with E-state index in [2.05, 4.69) is 20.8 Å². The molecule has 0 aliphatic heterocycles. The van der Waals surface area contributed by atoms with E-state index in [9.17, 15) is 0 Å². The Labute approximate surface area is 183 Å². The van der Waals surface area contributed by atoms with Crippen molar-refractivity contribution >= 4 is 21.2 Å². The van der Waals surface area contributed by atoms with Crippen molar-refractivity contribution in [1.82, 2.24) is 0 Å². The van der Waals surface area contributed by atoms with Crippen molar-refractivity contribution in [1.29, 1.82) is 0 Å². The first kappa shape index (κ1) is 30.5. The lowest BCUT2D eigenvalue weighted by atomic mass is 9.80. The molecule has 28 heavy (non-hydrogen) atoms. The van der Waals surface area contributed by atoms with E-state index in [1.54, 1.807) is 21.3 Å². The van der Waals surface area contributed by atoms with E-state index in [1.165, 1.54) is 77.0 Å². The normalized spacial score (nSPS) is 14.6. The molecule has 0 saturated carbocycles. The number of halogens is 1. The van der Waals surface area contributed by atoms with E-state index < -0.39 is 14.0 Å². The highest BCUT2D eigenvalue weighted by molar-refractivity contribution is 6.64. The van der Waals surface area contributed by atoms with E-state index in [0.717, 1.165) is 6.42 Å².